The number of nitrogens with two attached hydrogens (primary N) is 1. The molecule has 1 heterocycles. The monoisotopic (exact) mass is 252 g/mol. The van der Waals surface area contributed by atoms with Crippen molar-refractivity contribution in [2.75, 3.05) is 0 Å². The van der Waals surface area contributed by atoms with Gasteiger partial charge in [0, 0.05) is 0 Å². The molecule has 2 rings (SSSR count). The molecule has 0 spiro atoms. The summed E-state index contributed by atoms with van der Waals surface area (Å²) in [5, 5.41) is 7.57. The van der Waals surface area contributed by atoms with Crippen molar-refractivity contribution in [1.29, 1.82) is 0 Å². The van der Waals surface area contributed by atoms with Gasteiger partial charge < -0.3 is 5.73 Å². The molecule has 18 heavy (non-hydrogen) atoms. The van der Waals surface area contributed by atoms with E-state index in [9.17, 15) is 8.78 Å². The summed E-state index contributed by atoms with van der Waals surface area (Å²) in [5.74, 6) is -1.37. The van der Waals surface area contributed by atoms with Gasteiger partial charge in [-0.25, -0.2) is 13.5 Å². The lowest BCUT2D eigenvalue weighted by atomic mass is 10.1. The normalized spacial score (nSPS) is 12.7. The van der Waals surface area contributed by atoms with Crippen LogP contribution >= 0.6 is 0 Å². The van der Waals surface area contributed by atoms with E-state index in [0.29, 0.717) is 5.69 Å². The van der Waals surface area contributed by atoms with Gasteiger partial charge in [0.15, 0.2) is 11.6 Å². The Morgan fingerprint density at radius 3 is 2.61 bits per heavy atom. The number of aromatic nitrogens is 3. The highest BCUT2D eigenvalue weighted by molar-refractivity contribution is 5.34. The van der Waals surface area contributed by atoms with Crippen LogP contribution in [0.5, 0.6) is 0 Å². The summed E-state index contributed by atoms with van der Waals surface area (Å²) in [6.45, 7) is 2.00. The van der Waals surface area contributed by atoms with Gasteiger partial charge in [0.1, 0.15) is 5.69 Å². The highest BCUT2D eigenvalue weighted by Crippen LogP contribution is 2.18. The van der Waals surface area contributed by atoms with E-state index in [-0.39, 0.29) is 11.7 Å². The molecular weight excluding hydrogens is 238 g/mol. The molecular formula is C12H14F2N4. The van der Waals surface area contributed by atoms with E-state index in [1.807, 2.05) is 6.92 Å². The predicted molar refractivity (Wildman–Crippen MR) is 63.1 cm³/mol. The molecule has 1 atom stereocenters. The highest BCUT2D eigenvalue weighted by Gasteiger charge is 2.15. The summed E-state index contributed by atoms with van der Waals surface area (Å²) in [6.07, 6.45) is 3.11. The molecule has 96 valence electrons. The van der Waals surface area contributed by atoms with Crippen molar-refractivity contribution in [3.63, 3.8) is 0 Å². The molecule has 0 aliphatic heterocycles. The molecule has 0 radical (unpaired) electrons. The molecule has 0 saturated heterocycles. The molecule has 4 nitrogen and oxygen atoms in total. The largest absolute Gasteiger partial charge is 0.323 e. The Morgan fingerprint density at radius 1 is 1.33 bits per heavy atom. The van der Waals surface area contributed by atoms with Gasteiger partial charge in [-0.15, -0.1) is 5.10 Å². The molecule has 0 aliphatic rings. The first-order valence-electron chi connectivity index (χ1n) is 5.75. The summed E-state index contributed by atoms with van der Waals surface area (Å²) in [4.78, 5) is 0. The topological polar surface area (TPSA) is 56.7 Å². The van der Waals surface area contributed by atoms with Crippen LogP contribution in [0.15, 0.2) is 24.4 Å². The lowest BCUT2D eigenvalue weighted by molar-refractivity contribution is 0.556. The molecule has 0 fully saturated rings. The summed E-state index contributed by atoms with van der Waals surface area (Å²) in [5.41, 5.74) is 6.16. The number of para-hydroxylation sites is 1. The van der Waals surface area contributed by atoms with Gasteiger partial charge in [-0.05, 0) is 18.6 Å². The van der Waals surface area contributed by atoms with Crippen LogP contribution in [-0.2, 0) is 0 Å². The first kappa shape index (κ1) is 12.6. The van der Waals surface area contributed by atoms with E-state index in [2.05, 4.69) is 10.3 Å². The van der Waals surface area contributed by atoms with Gasteiger partial charge in [-0.2, -0.15) is 0 Å². The van der Waals surface area contributed by atoms with Crippen molar-refractivity contribution in [3.8, 4) is 5.69 Å². The minimum atomic E-state index is -0.685. The Labute approximate surface area is 103 Å². The lowest BCUT2D eigenvalue weighted by Gasteiger charge is -2.05. The van der Waals surface area contributed by atoms with Crippen LogP contribution in [0.1, 0.15) is 31.5 Å². The van der Waals surface area contributed by atoms with Crippen molar-refractivity contribution in [1.82, 2.24) is 15.0 Å². The van der Waals surface area contributed by atoms with Crippen LogP contribution in [-0.4, -0.2) is 15.0 Å². The van der Waals surface area contributed by atoms with Crippen LogP contribution in [0, 0.1) is 11.6 Å². The average Bonchev–Trinajstić information content (AvgIpc) is 2.78. The van der Waals surface area contributed by atoms with E-state index in [1.165, 1.54) is 24.4 Å². The van der Waals surface area contributed by atoms with E-state index in [4.69, 9.17) is 5.73 Å². The van der Waals surface area contributed by atoms with Crippen molar-refractivity contribution in [2.24, 2.45) is 5.73 Å². The van der Waals surface area contributed by atoms with Crippen LogP contribution in [0.2, 0.25) is 0 Å². The number of nitrogens with zero attached hydrogens (tertiary/aromatic N) is 3. The van der Waals surface area contributed by atoms with Crippen molar-refractivity contribution < 1.29 is 8.78 Å². The molecule has 2 N–H and O–H groups in total. The molecule has 0 bridgehead atoms. The van der Waals surface area contributed by atoms with E-state index >= 15 is 0 Å². The molecule has 0 aliphatic carbocycles. The molecule has 1 unspecified atom stereocenters. The fourth-order valence-corrected chi connectivity index (χ4v) is 1.72. The molecule has 1 aromatic heterocycles. The number of halogens is 2. The zero-order chi connectivity index (χ0) is 13.1. The molecule has 6 heteroatoms. The maximum Gasteiger partial charge on any atom is 0.151 e. The fourth-order valence-electron chi connectivity index (χ4n) is 1.72. The van der Waals surface area contributed by atoms with Crippen LogP contribution < -0.4 is 5.73 Å². The summed E-state index contributed by atoms with van der Waals surface area (Å²) < 4.78 is 28.1. The minimum Gasteiger partial charge on any atom is -0.323 e. The van der Waals surface area contributed by atoms with Crippen LogP contribution in [0.4, 0.5) is 8.78 Å². The lowest BCUT2D eigenvalue weighted by Crippen LogP contribution is -2.10. The van der Waals surface area contributed by atoms with Crippen molar-refractivity contribution in [2.45, 2.75) is 25.8 Å². The Balaban J connectivity index is 2.35. The number of rotatable bonds is 4. The van der Waals surface area contributed by atoms with Gasteiger partial charge >= 0.3 is 0 Å². The highest BCUT2D eigenvalue weighted by atomic mass is 19.1. The van der Waals surface area contributed by atoms with Crippen molar-refractivity contribution >= 4 is 0 Å². The van der Waals surface area contributed by atoms with Gasteiger partial charge in [-0.1, -0.05) is 24.6 Å². The number of hydrogen-bond donors (Lipinski definition) is 1. The van der Waals surface area contributed by atoms with Crippen molar-refractivity contribution in [3.05, 3.63) is 41.7 Å². The Kier molecular flexibility index (Phi) is 3.66. The summed E-state index contributed by atoms with van der Waals surface area (Å²) in [6, 6.07) is 3.38. The maximum absolute atomic E-state index is 13.5. The van der Waals surface area contributed by atoms with E-state index < -0.39 is 11.6 Å². The van der Waals surface area contributed by atoms with E-state index in [0.717, 1.165) is 17.5 Å². The summed E-state index contributed by atoms with van der Waals surface area (Å²) in [7, 11) is 0. The van der Waals surface area contributed by atoms with Gasteiger partial charge in [-0.3, -0.25) is 0 Å². The number of hydrogen-bond acceptors (Lipinski definition) is 3. The van der Waals surface area contributed by atoms with Gasteiger partial charge in [0.25, 0.3) is 0 Å². The SMILES string of the molecule is CCCC(N)c1cn(-c2c(F)cccc2F)nn1. The van der Waals surface area contributed by atoms with Crippen LogP contribution in [0.3, 0.4) is 0 Å². The third kappa shape index (κ3) is 2.38. The second-order valence-electron chi connectivity index (χ2n) is 4.05. The Morgan fingerprint density at radius 2 is 2.00 bits per heavy atom. The Bertz CT molecular complexity index is 518. The molecule has 0 saturated carbocycles. The first-order chi connectivity index (χ1) is 8.63. The third-order valence-electron chi connectivity index (χ3n) is 2.66. The predicted octanol–water partition coefficient (Wildman–Crippen LogP) is 2.35. The molecule has 1 aromatic carbocycles. The molecule has 2 aromatic rings. The second-order valence-corrected chi connectivity index (χ2v) is 4.05. The quantitative estimate of drug-likeness (QED) is 0.908. The Hall–Kier alpha value is -1.82. The second kappa shape index (κ2) is 5.22. The maximum atomic E-state index is 13.5. The number of benzene rings is 1. The zero-order valence-electron chi connectivity index (χ0n) is 9.98. The minimum absolute atomic E-state index is 0.236. The first-order valence-corrected chi connectivity index (χ1v) is 5.75. The molecule has 0 amide bonds. The van der Waals surface area contributed by atoms with E-state index in [1.54, 1.807) is 0 Å². The average molecular weight is 252 g/mol. The van der Waals surface area contributed by atoms with Crippen LogP contribution in [0.25, 0.3) is 5.69 Å². The third-order valence-corrected chi connectivity index (χ3v) is 2.66. The van der Waals surface area contributed by atoms with Gasteiger partial charge in [0.2, 0.25) is 0 Å². The summed E-state index contributed by atoms with van der Waals surface area (Å²) >= 11 is 0. The van der Waals surface area contributed by atoms with Gasteiger partial charge in [0.05, 0.1) is 17.9 Å². The fraction of sp³-hybridized carbons (Fsp3) is 0.333. The smallest absolute Gasteiger partial charge is 0.151 e. The zero-order valence-corrected chi connectivity index (χ0v) is 9.98. The standard InChI is InChI=1S/C12H14F2N4/c1-2-4-10(15)11-7-18(17-16-11)12-8(13)5-3-6-9(12)14/h3,5-7,10H,2,4,15H2,1H3.